The number of hydrogen-bond acceptors (Lipinski definition) is 4. The Balaban J connectivity index is 2.35. The Bertz CT molecular complexity index is 427. The first kappa shape index (κ1) is 17.3. The first-order valence-corrected chi connectivity index (χ1v) is 6.56. The summed E-state index contributed by atoms with van der Waals surface area (Å²) < 4.78 is 33.1. The predicted octanol–water partition coefficient (Wildman–Crippen LogP) is 1.53. The Morgan fingerprint density at radius 2 is 1.95 bits per heavy atom. The van der Waals surface area contributed by atoms with Crippen molar-refractivity contribution in [3.63, 3.8) is 0 Å². The van der Waals surface area contributed by atoms with E-state index in [1.807, 2.05) is 0 Å². The molecule has 21 heavy (non-hydrogen) atoms. The zero-order valence-electron chi connectivity index (χ0n) is 12.1. The van der Waals surface area contributed by atoms with Gasteiger partial charge in [-0.05, 0) is 24.6 Å². The van der Waals surface area contributed by atoms with Gasteiger partial charge in [0.1, 0.15) is 5.75 Å². The molecule has 1 unspecified atom stereocenters. The van der Waals surface area contributed by atoms with E-state index >= 15 is 0 Å². The van der Waals surface area contributed by atoms with Crippen LogP contribution in [0, 0.1) is 0 Å². The van der Waals surface area contributed by atoms with Gasteiger partial charge in [0.05, 0.1) is 12.6 Å². The van der Waals surface area contributed by atoms with E-state index in [0.717, 1.165) is 5.56 Å². The van der Waals surface area contributed by atoms with Crippen LogP contribution in [0.4, 0.5) is 8.78 Å². The van der Waals surface area contributed by atoms with Crippen LogP contribution in [-0.4, -0.2) is 38.8 Å². The van der Waals surface area contributed by atoms with Crippen molar-refractivity contribution < 1.29 is 23.0 Å². The van der Waals surface area contributed by atoms with Crippen LogP contribution in [0.25, 0.3) is 0 Å². The molecule has 0 saturated carbocycles. The number of ether oxygens (including phenoxy) is 2. The third-order valence-corrected chi connectivity index (χ3v) is 2.76. The van der Waals surface area contributed by atoms with Crippen LogP contribution in [0.15, 0.2) is 24.3 Å². The van der Waals surface area contributed by atoms with E-state index in [4.69, 9.17) is 4.74 Å². The highest BCUT2D eigenvalue weighted by Gasteiger charge is 2.11. The molecule has 1 aromatic rings. The standard InChI is InChI=1S/C14H20F2N2O3/c1-10(13(19)17-7-8-20-2)18-9-11-3-5-12(6-4-11)21-14(15)16/h3-6,10,14,18H,7-9H2,1-2H3,(H,17,19). The SMILES string of the molecule is COCCNC(=O)C(C)NCc1ccc(OC(F)F)cc1. The van der Waals surface area contributed by atoms with Gasteiger partial charge in [0.15, 0.2) is 0 Å². The summed E-state index contributed by atoms with van der Waals surface area (Å²) in [7, 11) is 1.56. The lowest BCUT2D eigenvalue weighted by atomic mass is 10.2. The highest BCUT2D eigenvalue weighted by Crippen LogP contribution is 2.14. The predicted molar refractivity (Wildman–Crippen MR) is 74.3 cm³/mol. The third-order valence-electron chi connectivity index (χ3n) is 2.76. The highest BCUT2D eigenvalue weighted by molar-refractivity contribution is 5.81. The number of amides is 1. The van der Waals surface area contributed by atoms with E-state index in [1.54, 1.807) is 26.2 Å². The molecular weight excluding hydrogens is 282 g/mol. The maximum Gasteiger partial charge on any atom is 0.387 e. The van der Waals surface area contributed by atoms with Crippen LogP contribution in [-0.2, 0) is 16.1 Å². The molecule has 1 aromatic carbocycles. The summed E-state index contributed by atoms with van der Waals surface area (Å²) in [5.74, 6) is -0.0104. The molecule has 0 aromatic heterocycles. The molecule has 0 aliphatic rings. The quantitative estimate of drug-likeness (QED) is 0.679. The highest BCUT2D eigenvalue weighted by atomic mass is 19.3. The number of alkyl halides is 2. The molecule has 118 valence electrons. The largest absolute Gasteiger partial charge is 0.435 e. The number of carbonyl (C=O) groups excluding carboxylic acids is 1. The number of rotatable bonds is 9. The van der Waals surface area contributed by atoms with E-state index in [0.29, 0.717) is 19.7 Å². The molecule has 1 rings (SSSR count). The second-order valence-corrected chi connectivity index (χ2v) is 4.41. The van der Waals surface area contributed by atoms with Gasteiger partial charge in [-0.15, -0.1) is 0 Å². The van der Waals surface area contributed by atoms with E-state index in [2.05, 4.69) is 15.4 Å². The van der Waals surface area contributed by atoms with Gasteiger partial charge in [-0.25, -0.2) is 0 Å². The molecule has 0 saturated heterocycles. The van der Waals surface area contributed by atoms with E-state index < -0.39 is 6.61 Å². The van der Waals surface area contributed by atoms with Crippen molar-refractivity contribution in [2.24, 2.45) is 0 Å². The zero-order chi connectivity index (χ0) is 15.7. The summed E-state index contributed by atoms with van der Waals surface area (Å²) in [6.45, 7) is 0.291. The number of carbonyl (C=O) groups is 1. The van der Waals surface area contributed by atoms with Crippen molar-refractivity contribution >= 4 is 5.91 Å². The van der Waals surface area contributed by atoms with Crippen LogP contribution in [0.2, 0.25) is 0 Å². The van der Waals surface area contributed by atoms with Gasteiger partial charge >= 0.3 is 6.61 Å². The molecule has 0 heterocycles. The Kier molecular flexibility index (Phi) is 7.63. The number of methoxy groups -OCH3 is 1. The minimum atomic E-state index is -2.83. The average molecular weight is 302 g/mol. The number of hydrogen-bond donors (Lipinski definition) is 2. The van der Waals surface area contributed by atoms with Crippen molar-refractivity contribution in [2.45, 2.75) is 26.1 Å². The third kappa shape index (κ3) is 7.01. The first-order valence-electron chi connectivity index (χ1n) is 6.56. The van der Waals surface area contributed by atoms with Gasteiger partial charge in [0.2, 0.25) is 5.91 Å². The molecule has 0 bridgehead atoms. The average Bonchev–Trinajstić information content (AvgIpc) is 2.45. The van der Waals surface area contributed by atoms with Crippen molar-refractivity contribution in [2.75, 3.05) is 20.3 Å². The molecule has 1 amide bonds. The van der Waals surface area contributed by atoms with Gasteiger partial charge in [0.25, 0.3) is 0 Å². The molecule has 2 N–H and O–H groups in total. The van der Waals surface area contributed by atoms with Crippen LogP contribution < -0.4 is 15.4 Å². The molecular formula is C14H20F2N2O3. The minimum Gasteiger partial charge on any atom is -0.435 e. The fourth-order valence-electron chi connectivity index (χ4n) is 1.58. The van der Waals surface area contributed by atoms with Crippen molar-refractivity contribution in [3.05, 3.63) is 29.8 Å². The zero-order valence-corrected chi connectivity index (χ0v) is 12.1. The van der Waals surface area contributed by atoms with Crippen LogP contribution in [0.3, 0.4) is 0 Å². The van der Waals surface area contributed by atoms with Crippen molar-refractivity contribution in [1.29, 1.82) is 0 Å². The molecule has 0 fully saturated rings. The van der Waals surface area contributed by atoms with Gasteiger partial charge in [-0.1, -0.05) is 12.1 Å². The lowest BCUT2D eigenvalue weighted by molar-refractivity contribution is -0.123. The molecule has 7 heteroatoms. The van der Waals surface area contributed by atoms with Crippen LogP contribution >= 0.6 is 0 Å². The molecule has 0 aliphatic heterocycles. The van der Waals surface area contributed by atoms with Crippen LogP contribution in [0.1, 0.15) is 12.5 Å². The number of halogens is 2. The molecule has 0 spiro atoms. The minimum absolute atomic E-state index is 0.110. The normalized spacial score (nSPS) is 12.2. The summed E-state index contributed by atoms with van der Waals surface area (Å²) in [5, 5.41) is 5.76. The fourth-order valence-corrected chi connectivity index (χ4v) is 1.58. The topological polar surface area (TPSA) is 59.6 Å². The van der Waals surface area contributed by atoms with Gasteiger partial charge < -0.3 is 20.1 Å². The Labute approximate surface area is 122 Å². The first-order chi connectivity index (χ1) is 10.0. The summed E-state index contributed by atoms with van der Waals surface area (Å²) in [4.78, 5) is 11.7. The Morgan fingerprint density at radius 1 is 1.29 bits per heavy atom. The van der Waals surface area contributed by atoms with Crippen LogP contribution in [0.5, 0.6) is 5.75 Å². The Hall–Kier alpha value is -1.73. The van der Waals surface area contributed by atoms with Gasteiger partial charge in [-0.3, -0.25) is 4.79 Å². The molecule has 0 aliphatic carbocycles. The second kappa shape index (κ2) is 9.25. The summed E-state index contributed by atoms with van der Waals surface area (Å²) in [6.07, 6.45) is 0. The second-order valence-electron chi connectivity index (χ2n) is 4.41. The fraction of sp³-hybridized carbons (Fsp3) is 0.500. The van der Waals surface area contributed by atoms with Gasteiger partial charge in [0, 0.05) is 20.2 Å². The summed E-state index contributed by atoms with van der Waals surface area (Å²) in [6, 6.07) is 5.90. The lowest BCUT2D eigenvalue weighted by Gasteiger charge is -2.14. The maximum absolute atomic E-state index is 12.0. The molecule has 5 nitrogen and oxygen atoms in total. The van der Waals surface area contributed by atoms with E-state index in [9.17, 15) is 13.6 Å². The summed E-state index contributed by atoms with van der Waals surface area (Å²) >= 11 is 0. The summed E-state index contributed by atoms with van der Waals surface area (Å²) in [5.41, 5.74) is 0.869. The van der Waals surface area contributed by atoms with Crippen molar-refractivity contribution in [3.8, 4) is 5.75 Å². The van der Waals surface area contributed by atoms with E-state index in [-0.39, 0.29) is 17.7 Å². The smallest absolute Gasteiger partial charge is 0.387 e. The lowest BCUT2D eigenvalue weighted by Crippen LogP contribution is -2.42. The Morgan fingerprint density at radius 3 is 2.52 bits per heavy atom. The van der Waals surface area contributed by atoms with E-state index in [1.165, 1.54) is 12.1 Å². The van der Waals surface area contributed by atoms with Crippen molar-refractivity contribution in [1.82, 2.24) is 10.6 Å². The number of nitrogens with one attached hydrogen (secondary N) is 2. The molecule has 1 atom stereocenters. The monoisotopic (exact) mass is 302 g/mol. The number of benzene rings is 1. The maximum atomic E-state index is 12.0. The van der Waals surface area contributed by atoms with Gasteiger partial charge in [-0.2, -0.15) is 8.78 Å². The molecule has 0 radical (unpaired) electrons.